The minimum atomic E-state index is -0.213. The molecule has 4 nitrogen and oxygen atoms in total. The van der Waals surface area contributed by atoms with Gasteiger partial charge in [-0.2, -0.15) is 0 Å². The van der Waals surface area contributed by atoms with E-state index >= 15 is 0 Å². The second-order valence-corrected chi connectivity index (χ2v) is 4.20. The molecule has 0 bridgehead atoms. The minimum Gasteiger partial charge on any atom is -0.445 e. The molecule has 0 aromatic carbocycles. The van der Waals surface area contributed by atoms with Crippen LogP contribution in [0.4, 0.5) is 0 Å². The number of aliphatic hydroxyl groups excluding tert-OH is 1. The van der Waals surface area contributed by atoms with Crippen LogP contribution in [-0.4, -0.2) is 22.2 Å². The molecule has 0 saturated heterocycles. The van der Waals surface area contributed by atoms with Gasteiger partial charge in [0.05, 0.1) is 18.8 Å². The van der Waals surface area contributed by atoms with Crippen LogP contribution in [0.5, 0.6) is 0 Å². The molecule has 84 valence electrons. The Morgan fingerprint density at radius 3 is 3.00 bits per heavy atom. The zero-order valence-electron chi connectivity index (χ0n) is 9.07. The van der Waals surface area contributed by atoms with Gasteiger partial charge >= 0.3 is 0 Å². The fourth-order valence-corrected chi connectivity index (χ4v) is 2.05. The van der Waals surface area contributed by atoms with Gasteiger partial charge in [0.15, 0.2) is 0 Å². The number of hydrogen-bond acceptors (Lipinski definition) is 4. The molecule has 1 heterocycles. The van der Waals surface area contributed by atoms with Gasteiger partial charge in [0.2, 0.25) is 5.89 Å². The number of oxazole rings is 1. The average molecular weight is 210 g/mol. The zero-order valence-corrected chi connectivity index (χ0v) is 9.07. The Hall–Kier alpha value is -0.870. The topological polar surface area (TPSA) is 58.3 Å². The monoisotopic (exact) mass is 210 g/mol. The van der Waals surface area contributed by atoms with Gasteiger partial charge in [-0.3, -0.25) is 0 Å². The van der Waals surface area contributed by atoms with Gasteiger partial charge in [-0.25, -0.2) is 4.98 Å². The van der Waals surface area contributed by atoms with Crippen LogP contribution in [0, 0.1) is 6.92 Å². The maximum Gasteiger partial charge on any atom is 0.208 e. The number of nitrogens with zero attached hydrogens (tertiary/aromatic N) is 1. The molecule has 1 saturated carbocycles. The first-order valence-corrected chi connectivity index (χ1v) is 5.58. The molecular formula is C11H18N2O2. The Kier molecular flexibility index (Phi) is 3.38. The fourth-order valence-electron chi connectivity index (χ4n) is 2.05. The summed E-state index contributed by atoms with van der Waals surface area (Å²) in [6.45, 7) is 2.49. The van der Waals surface area contributed by atoms with Gasteiger partial charge in [-0.15, -0.1) is 0 Å². The number of nitrogens with one attached hydrogen (secondary N) is 1. The Bertz CT molecular complexity index is 311. The van der Waals surface area contributed by atoms with Crippen molar-refractivity contribution in [2.24, 2.45) is 0 Å². The van der Waals surface area contributed by atoms with Crippen LogP contribution in [0.2, 0.25) is 0 Å². The van der Waals surface area contributed by atoms with E-state index in [0.717, 1.165) is 25.0 Å². The van der Waals surface area contributed by atoms with Crippen LogP contribution in [0.1, 0.15) is 37.3 Å². The molecule has 15 heavy (non-hydrogen) atoms. The molecular weight excluding hydrogens is 192 g/mol. The maximum absolute atomic E-state index is 9.74. The summed E-state index contributed by atoms with van der Waals surface area (Å²) in [5.41, 5.74) is 0. The third-order valence-corrected chi connectivity index (χ3v) is 2.91. The third-order valence-electron chi connectivity index (χ3n) is 2.91. The molecule has 2 atom stereocenters. The van der Waals surface area contributed by atoms with Crippen molar-refractivity contribution < 1.29 is 9.52 Å². The summed E-state index contributed by atoms with van der Waals surface area (Å²) in [6.07, 6.45) is 5.78. The highest BCUT2D eigenvalue weighted by Crippen LogP contribution is 2.18. The molecule has 1 fully saturated rings. The highest BCUT2D eigenvalue weighted by atomic mass is 16.4. The van der Waals surface area contributed by atoms with E-state index < -0.39 is 0 Å². The highest BCUT2D eigenvalue weighted by molar-refractivity contribution is 4.91. The maximum atomic E-state index is 9.74. The van der Waals surface area contributed by atoms with Crippen LogP contribution in [0.3, 0.4) is 0 Å². The smallest absolute Gasteiger partial charge is 0.208 e. The standard InChI is InChI=1S/C11H18N2O2/c1-8-6-13-11(15-8)7-12-9-4-2-3-5-10(9)14/h6,9-10,12,14H,2-5,7H2,1H3/t9-,10-/m1/s1. The van der Waals surface area contributed by atoms with Crippen molar-refractivity contribution >= 4 is 0 Å². The molecule has 1 aromatic heterocycles. The van der Waals surface area contributed by atoms with Crippen molar-refractivity contribution in [2.45, 2.75) is 51.3 Å². The normalized spacial score (nSPS) is 26.8. The summed E-state index contributed by atoms with van der Waals surface area (Å²) in [5, 5.41) is 13.0. The second kappa shape index (κ2) is 4.77. The summed E-state index contributed by atoms with van der Waals surface area (Å²) in [7, 11) is 0. The molecule has 2 rings (SSSR count). The van der Waals surface area contributed by atoms with Gasteiger partial charge in [-0.1, -0.05) is 12.8 Å². The highest BCUT2D eigenvalue weighted by Gasteiger charge is 2.22. The molecule has 0 unspecified atom stereocenters. The van der Waals surface area contributed by atoms with Crippen LogP contribution in [-0.2, 0) is 6.54 Å². The number of hydrogen-bond donors (Lipinski definition) is 2. The minimum absolute atomic E-state index is 0.200. The molecule has 0 aliphatic heterocycles. The van der Waals surface area contributed by atoms with Crippen molar-refractivity contribution in [3.05, 3.63) is 17.8 Å². The summed E-state index contributed by atoms with van der Waals surface area (Å²) in [5.74, 6) is 1.53. The predicted molar refractivity (Wildman–Crippen MR) is 56.3 cm³/mol. The molecule has 2 N–H and O–H groups in total. The van der Waals surface area contributed by atoms with E-state index in [1.54, 1.807) is 6.20 Å². The third kappa shape index (κ3) is 2.79. The van der Waals surface area contributed by atoms with E-state index in [4.69, 9.17) is 4.42 Å². The van der Waals surface area contributed by atoms with E-state index in [0.29, 0.717) is 12.4 Å². The van der Waals surface area contributed by atoms with Gasteiger partial charge < -0.3 is 14.8 Å². The lowest BCUT2D eigenvalue weighted by Crippen LogP contribution is -2.41. The molecule has 4 heteroatoms. The van der Waals surface area contributed by atoms with Gasteiger partial charge in [0, 0.05) is 6.04 Å². The van der Waals surface area contributed by atoms with Crippen LogP contribution in [0.15, 0.2) is 10.6 Å². The van der Waals surface area contributed by atoms with Gasteiger partial charge in [-0.05, 0) is 19.8 Å². The lowest BCUT2D eigenvalue weighted by atomic mass is 9.93. The summed E-state index contributed by atoms with van der Waals surface area (Å²) >= 11 is 0. The number of aliphatic hydroxyl groups is 1. The first-order valence-electron chi connectivity index (χ1n) is 5.58. The lowest BCUT2D eigenvalue weighted by molar-refractivity contribution is 0.0890. The Morgan fingerprint density at radius 1 is 1.53 bits per heavy atom. The summed E-state index contributed by atoms with van der Waals surface area (Å²) in [6, 6.07) is 0.200. The van der Waals surface area contributed by atoms with E-state index in [2.05, 4.69) is 10.3 Å². The zero-order chi connectivity index (χ0) is 10.7. The van der Waals surface area contributed by atoms with E-state index in [-0.39, 0.29) is 12.1 Å². The van der Waals surface area contributed by atoms with Gasteiger partial charge in [0.1, 0.15) is 5.76 Å². The molecule has 1 aliphatic carbocycles. The SMILES string of the molecule is Cc1cnc(CN[C@@H]2CCCC[C@H]2O)o1. The molecule has 0 spiro atoms. The molecule has 1 aromatic rings. The van der Waals surface area contributed by atoms with E-state index in [1.165, 1.54) is 6.42 Å². The largest absolute Gasteiger partial charge is 0.445 e. The summed E-state index contributed by atoms with van der Waals surface area (Å²) < 4.78 is 5.35. The van der Waals surface area contributed by atoms with Crippen molar-refractivity contribution in [3.63, 3.8) is 0 Å². The van der Waals surface area contributed by atoms with Crippen LogP contribution < -0.4 is 5.32 Å². The first-order chi connectivity index (χ1) is 7.25. The van der Waals surface area contributed by atoms with Crippen molar-refractivity contribution in [1.29, 1.82) is 0 Å². The quantitative estimate of drug-likeness (QED) is 0.791. The summed E-state index contributed by atoms with van der Waals surface area (Å²) in [4.78, 5) is 4.11. The van der Waals surface area contributed by atoms with Crippen molar-refractivity contribution in [3.8, 4) is 0 Å². The van der Waals surface area contributed by atoms with Crippen LogP contribution >= 0.6 is 0 Å². The number of aryl methyl sites for hydroxylation is 1. The Morgan fingerprint density at radius 2 is 2.33 bits per heavy atom. The second-order valence-electron chi connectivity index (χ2n) is 4.20. The van der Waals surface area contributed by atoms with Crippen molar-refractivity contribution in [2.75, 3.05) is 0 Å². The number of aromatic nitrogens is 1. The Balaban J connectivity index is 1.81. The van der Waals surface area contributed by atoms with E-state index in [1.807, 2.05) is 6.92 Å². The fraction of sp³-hybridized carbons (Fsp3) is 0.727. The van der Waals surface area contributed by atoms with Crippen molar-refractivity contribution in [1.82, 2.24) is 10.3 Å². The Labute approximate surface area is 89.7 Å². The number of rotatable bonds is 3. The first kappa shape index (κ1) is 10.6. The van der Waals surface area contributed by atoms with E-state index in [9.17, 15) is 5.11 Å². The molecule has 0 radical (unpaired) electrons. The van der Waals surface area contributed by atoms with Crippen LogP contribution in [0.25, 0.3) is 0 Å². The molecule has 0 amide bonds. The van der Waals surface area contributed by atoms with Gasteiger partial charge in [0.25, 0.3) is 0 Å². The predicted octanol–water partition coefficient (Wildman–Crippen LogP) is 1.38. The average Bonchev–Trinajstić information content (AvgIpc) is 2.63. The molecule has 1 aliphatic rings. The lowest BCUT2D eigenvalue weighted by Gasteiger charge is -2.27.